The minimum Gasteiger partial charge on any atom is -0.309 e. The van der Waals surface area contributed by atoms with Crippen LogP contribution >= 0.6 is 0 Å². The normalized spacial score (nSPS) is 14.2. The fraction of sp³-hybridized carbons (Fsp3) is 1.00. The van der Waals surface area contributed by atoms with Crippen LogP contribution in [-0.4, -0.2) is 19.0 Å². The molecule has 0 fully saturated rings. The van der Waals surface area contributed by atoms with Gasteiger partial charge < -0.3 is 5.32 Å². The summed E-state index contributed by atoms with van der Waals surface area (Å²) in [4.78, 5) is 0. The second kappa shape index (κ2) is 6.35. The Bertz CT molecular complexity index is 105. The smallest absolute Gasteiger partial charge is 0.253 e. The summed E-state index contributed by atoms with van der Waals surface area (Å²) in [6.45, 7) is 6.57. The molecule has 3 heteroatoms. The van der Waals surface area contributed by atoms with E-state index in [0.29, 0.717) is 18.9 Å². The Balaban J connectivity index is 3.63. The molecule has 0 spiro atoms. The van der Waals surface area contributed by atoms with E-state index in [4.69, 9.17) is 0 Å². The van der Waals surface area contributed by atoms with Gasteiger partial charge in [0.15, 0.2) is 0 Å². The van der Waals surface area contributed by atoms with E-state index < -0.39 is 12.5 Å². The molecule has 0 rings (SSSR count). The highest BCUT2D eigenvalue weighted by molar-refractivity contribution is 4.68. The second-order valence-electron chi connectivity index (χ2n) is 3.47. The van der Waals surface area contributed by atoms with E-state index in [1.807, 2.05) is 6.92 Å². The summed E-state index contributed by atoms with van der Waals surface area (Å²) in [5.41, 5.74) is 0. The van der Waals surface area contributed by atoms with Crippen LogP contribution < -0.4 is 5.32 Å². The summed E-state index contributed by atoms with van der Waals surface area (Å²) in [6.07, 6.45) is -0.797. The molecule has 12 heavy (non-hydrogen) atoms. The van der Waals surface area contributed by atoms with Gasteiger partial charge in [0.05, 0.1) is 6.04 Å². The lowest BCUT2D eigenvalue weighted by Gasteiger charge is -2.17. The number of alkyl halides is 2. The van der Waals surface area contributed by atoms with E-state index >= 15 is 0 Å². The lowest BCUT2D eigenvalue weighted by Crippen LogP contribution is -2.35. The monoisotopic (exact) mass is 179 g/mol. The lowest BCUT2D eigenvalue weighted by atomic mass is 10.0. The summed E-state index contributed by atoms with van der Waals surface area (Å²) < 4.78 is 24.5. The van der Waals surface area contributed by atoms with Gasteiger partial charge in [0, 0.05) is 0 Å². The van der Waals surface area contributed by atoms with Crippen LogP contribution in [0.2, 0.25) is 0 Å². The molecule has 0 aliphatic carbocycles. The van der Waals surface area contributed by atoms with Crippen LogP contribution in [0.1, 0.15) is 33.6 Å². The fourth-order valence-corrected chi connectivity index (χ4v) is 1.09. The molecule has 0 aliphatic rings. The number of hydrogen-bond donors (Lipinski definition) is 1. The molecule has 1 unspecified atom stereocenters. The maximum atomic E-state index is 12.3. The number of hydrogen-bond acceptors (Lipinski definition) is 1. The number of rotatable bonds is 6. The zero-order valence-corrected chi connectivity index (χ0v) is 8.11. The summed E-state index contributed by atoms with van der Waals surface area (Å²) >= 11 is 0. The Morgan fingerprint density at radius 2 is 1.75 bits per heavy atom. The van der Waals surface area contributed by atoms with Gasteiger partial charge in [-0.05, 0) is 25.3 Å². The van der Waals surface area contributed by atoms with E-state index in [-0.39, 0.29) is 0 Å². The van der Waals surface area contributed by atoms with Gasteiger partial charge in [-0.25, -0.2) is 8.78 Å². The molecule has 1 nitrogen and oxygen atoms in total. The van der Waals surface area contributed by atoms with Crippen molar-refractivity contribution in [3.05, 3.63) is 0 Å². The van der Waals surface area contributed by atoms with Crippen LogP contribution in [0.5, 0.6) is 0 Å². The maximum Gasteiger partial charge on any atom is 0.253 e. The van der Waals surface area contributed by atoms with Gasteiger partial charge in [0.1, 0.15) is 0 Å². The van der Waals surface area contributed by atoms with Crippen molar-refractivity contribution in [3.63, 3.8) is 0 Å². The molecular formula is C9H19F2N. The van der Waals surface area contributed by atoms with Crippen LogP contribution in [0.25, 0.3) is 0 Å². The highest BCUT2D eigenvalue weighted by Crippen LogP contribution is 2.12. The Morgan fingerprint density at radius 1 is 1.17 bits per heavy atom. The molecule has 0 radical (unpaired) electrons. The molecule has 0 saturated heterocycles. The van der Waals surface area contributed by atoms with Gasteiger partial charge in [-0.15, -0.1) is 0 Å². The Labute approximate surface area is 73.5 Å². The topological polar surface area (TPSA) is 12.0 Å². The van der Waals surface area contributed by atoms with E-state index in [0.717, 1.165) is 6.42 Å². The minimum absolute atomic E-state index is 0.505. The van der Waals surface area contributed by atoms with Crippen molar-refractivity contribution in [1.29, 1.82) is 0 Å². The SMILES string of the molecule is CCNC(CCC(C)C)C(F)F. The quantitative estimate of drug-likeness (QED) is 0.661. The predicted octanol–water partition coefficient (Wildman–Crippen LogP) is 2.67. The van der Waals surface area contributed by atoms with E-state index in [2.05, 4.69) is 19.2 Å². The van der Waals surface area contributed by atoms with Crippen LogP contribution in [-0.2, 0) is 0 Å². The first-order valence-corrected chi connectivity index (χ1v) is 4.59. The largest absolute Gasteiger partial charge is 0.309 e. The van der Waals surface area contributed by atoms with E-state index in [1.165, 1.54) is 0 Å². The third-order valence-electron chi connectivity index (χ3n) is 1.83. The van der Waals surface area contributed by atoms with Crippen molar-refractivity contribution >= 4 is 0 Å². The number of nitrogens with one attached hydrogen (secondary N) is 1. The third-order valence-corrected chi connectivity index (χ3v) is 1.83. The summed E-state index contributed by atoms with van der Waals surface area (Å²) in [5, 5.41) is 2.79. The molecule has 1 atom stereocenters. The van der Waals surface area contributed by atoms with Gasteiger partial charge in [-0.3, -0.25) is 0 Å². The average Bonchev–Trinajstić information content (AvgIpc) is 1.96. The molecule has 0 amide bonds. The van der Waals surface area contributed by atoms with E-state index in [9.17, 15) is 8.78 Å². The average molecular weight is 179 g/mol. The second-order valence-corrected chi connectivity index (χ2v) is 3.47. The van der Waals surface area contributed by atoms with Gasteiger partial charge in [-0.2, -0.15) is 0 Å². The molecule has 1 N–H and O–H groups in total. The molecule has 0 aromatic rings. The van der Waals surface area contributed by atoms with Crippen molar-refractivity contribution in [3.8, 4) is 0 Å². The van der Waals surface area contributed by atoms with Crippen molar-refractivity contribution in [2.45, 2.75) is 46.1 Å². The van der Waals surface area contributed by atoms with Crippen molar-refractivity contribution < 1.29 is 8.78 Å². The standard InChI is InChI=1S/C9H19F2N/c1-4-12-8(9(10)11)6-5-7(2)3/h7-9,12H,4-6H2,1-3H3. The van der Waals surface area contributed by atoms with Gasteiger partial charge in [0.2, 0.25) is 0 Å². The van der Waals surface area contributed by atoms with Gasteiger partial charge in [-0.1, -0.05) is 20.8 Å². The summed E-state index contributed by atoms with van der Waals surface area (Å²) in [7, 11) is 0. The molecular weight excluding hydrogens is 160 g/mol. The highest BCUT2D eigenvalue weighted by Gasteiger charge is 2.18. The van der Waals surface area contributed by atoms with Crippen molar-refractivity contribution in [1.82, 2.24) is 5.32 Å². The minimum atomic E-state index is -2.23. The molecule has 0 aromatic carbocycles. The first-order valence-electron chi connectivity index (χ1n) is 4.59. The maximum absolute atomic E-state index is 12.3. The van der Waals surface area contributed by atoms with Gasteiger partial charge >= 0.3 is 0 Å². The highest BCUT2D eigenvalue weighted by atomic mass is 19.3. The summed E-state index contributed by atoms with van der Waals surface area (Å²) in [6, 6.07) is -0.614. The Hall–Kier alpha value is -0.180. The molecule has 0 aliphatic heterocycles. The molecule has 74 valence electrons. The van der Waals surface area contributed by atoms with Crippen molar-refractivity contribution in [2.24, 2.45) is 5.92 Å². The lowest BCUT2D eigenvalue weighted by molar-refractivity contribution is 0.0922. The first kappa shape index (κ1) is 11.8. The fourth-order valence-electron chi connectivity index (χ4n) is 1.09. The summed E-state index contributed by atoms with van der Waals surface area (Å²) in [5.74, 6) is 0.505. The Morgan fingerprint density at radius 3 is 2.08 bits per heavy atom. The van der Waals surface area contributed by atoms with Crippen molar-refractivity contribution in [2.75, 3.05) is 6.54 Å². The molecule has 0 aromatic heterocycles. The Kier molecular flexibility index (Phi) is 6.25. The zero-order chi connectivity index (χ0) is 9.56. The van der Waals surface area contributed by atoms with Crippen LogP contribution in [0.15, 0.2) is 0 Å². The van der Waals surface area contributed by atoms with Crippen LogP contribution in [0.3, 0.4) is 0 Å². The molecule has 0 bridgehead atoms. The van der Waals surface area contributed by atoms with E-state index in [1.54, 1.807) is 0 Å². The molecule has 0 heterocycles. The zero-order valence-electron chi connectivity index (χ0n) is 8.11. The van der Waals surface area contributed by atoms with Gasteiger partial charge in [0.25, 0.3) is 6.43 Å². The first-order chi connectivity index (χ1) is 5.57. The van der Waals surface area contributed by atoms with Crippen LogP contribution in [0.4, 0.5) is 8.78 Å². The molecule has 0 saturated carbocycles. The predicted molar refractivity (Wildman–Crippen MR) is 47.5 cm³/mol. The third kappa shape index (κ3) is 5.47. The van der Waals surface area contributed by atoms with Crippen LogP contribution in [0, 0.1) is 5.92 Å². The number of halogens is 2.